The van der Waals surface area contributed by atoms with Gasteiger partial charge in [0.25, 0.3) is 0 Å². The van der Waals surface area contributed by atoms with Crippen LogP contribution in [0.3, 0.4) is 0 Å². The molecule has 2 heterocycles. The molecule has 0 spiro atoms. The molecule has 288 valence electrons. The summed E-state index contributed by atoms with van der Waals surface area (Å²) in [6.07, 6.45) is 0. The Morgan fingerprint density at radius 1 is 0.290 bits per heavy atom. The molecule has 0 amide bonds. The number of hydrogen-bond donors (Lipinski definition) is 0. The molecule has 1 nitrogen and oxygen atoms in total. The van der Waals surface area contributed by atoms with Crippen LogP contribution in [0, 0.1) is 0 Å². The van der Waals surface area contributed by atoms with Crippen LogP contribution in [-0.2, 0) is 0 Å². The van der Waals surface area contributed by atoms with Crippen molar-refractivity contribution in [2.45, 2.75) is 0 Å². The Morgan fingerprint density at radius 2 is 0.806 bits per heavy atom. The smallest absolute Gasteiger partial charge is 0.0541 e. The predicted molar refractivity (Wildman–Crippen MR) is 268 cm³/mol. The minimum atomic E-state index is 1.15. The van der Waals surface area contributed by atoms with Gasteiger partial charge in [0.05, 0.1) is 11.0 Å². The number of rotatable bonds is 5. The van der Waals surface area contributed by atoms with Crippen molar-refractivity contribution in [1.82, 2.24) is 4.57 Å². The second-order valence-electron chi connectivity index (χ2n) is 16.4. The van der Waals surface area contributed by atoms with Crippen LogP contribution < -0.4 is 0 Å². The van der Waals surface area contributed by atoms with Crippen molar-refractivity contribution >= 4 is 85.6 Å². The van der Waals surface area contributed by atoms with Gasteiger partial charge in [-0.2, -0.15) is 0 Å². The van der Waals surface area contributed by atoms with E-state index in [1.807, 2.05) is 11.3 Å². The third-order valence-corrected chi connectivity index (χ3v) is 14.2. The van der Waals surface area contributed by atoms with E-state index in [0.717, 1.165) is 5.69 Å². The highest BCUT2D eigenvalue weighted by Crippen LogP contribution is 2.45. The van der Waals surface area contributed by atoms with Crippen molar-refractivity contribution in [3.8, 4) is 50.2 Å². The van der Waals surface area contributed by atoms with Gasteiger partial charge < -0.3 is 4.57 Å². The Labute approximate surface area is 363 Å². The highest BCUT2D eigenvalue weighted by Gasteiger charge is 2.19. The first kappa shape index (κ1) is 35.0. The molecule has 0 saturated carbocycles. The third-order valence-electron chi connectivity index (χ3n) is 13.0. The first-order valence-corrected chi connectivity index (χ1v) is 22.1. The Kier molecular flexibility index (Phi) is 7.85. The van der Waals surface area contributed by atoms with E-state index in [1.54, 1.807) is 0 Å². The van der Waals surface area contributed by atoms with Gasteiger partial charge in [-0.15, -0.1) is 11.3 Å². The summed E-state index contributed by atoms with van der Waals surface area (Å²) >= 11 is 1.89. The molecule has 0 bridgehead atoms. The van der Waals surface area contributed by atoms with Crippen LogP contribution in [-0.4, -0.2) is 4.57 Å². The topological polar surface area (TPSA) is 4.93 Å². The van der Waals surface area contributed by atoms with E-state index in [2.05, 4.69) is 229 Å². The lowest BCUT2D eigenvalue weighted by molar-refractivity contribution is 1.18. The highest BCUT2D eigenvalue weighted by molar-refractivity contribution is 7.26. The van der Waals surface area contributed by atoms with E-state index in [-0.39, 0.29) is 0 Å². The zero-order valence-electron chi connectivity index (χ0n) is 33.7. The molecule has 2 heteroatoms. The van der Waals surface area contributed by atoms with Crippen LogP contribution in [0.25, 0.3) is 124 Å². The maximum absolute atomic E-state index is 2.43. The number of hydrogen-bond acceptors (Lipinski definition) is 1. The maximum atomic E-state index is 2.43. The standard InChI is InChI=1S/C60H37NS/c1-2-13-42-36-43(29-26-38(42)12-1)39-24-27-40(28-25-39)58-49-16-3-5-18-51(49)59(52-19-6-4-17-50(52)58)41-30-33-45(34-31-41)61-55-22-9-7-14-47(55)54-37-44(32-35-56(54)61)46-20-11-21-53-48-15-8-10-23-57(48)62-60(46)53/h1-37H. The van der Waals surface area contributed by atoms with E-state index in [1.165, 1.54) is 119 Å². The van der Waals surface area contributed by atoms with Gasteiger partial charge in [0.2, 0.25) is 0 Å². The number of thiophene rings is 1. The summed E-state index contributed by atoms with van der Waals surface area (Å²) in [5.41, 5.74) is 13.5. The lowest BCUT2D eigenvalue weighted by Crippen LogP contribution is -1.95. The second-order valence-corrected chi connectivity index (χ2v) is 17.4. The van der Waals surface area contributed by atoms with Gasteiger partial charge in [0.1, 0.15) is 0 Å². The monoisotopic (exact) mass is 803 g/mol. The Hall–Kier alpha value is -7.78. The Balaban J connectivity index is 0.919. The molecular formula is C60H37NS. The van der Waals surface area contributed by atoms with Crippen LogP contribution in [0.15, 0.2) is 224 Å². The van der Waals surface area contributed by atoms with Crippen LogP contribution in [0.4, 0.5) is 0 Å². The third kappa shape index (κ3) is 5.40. The molecule has 0 unspecified atom stereocenters. The summed E-state index contributed by atoms with van der Waals surface area (Å²) in [7, 11) is 0. The van der Waals surface area contributed by atoms with Crippen molar-refractivity contribution in [2.75, 3.05) is 0 Å². The van der Waals surface area contributed by atoms with Gasteiger partial charge in [-0.3, -0.25) is 0 Å². The first-order chi connectivity index (χ1) is 30.7. The van der Waals surface area contributed by atoms with Crippen molar-refractivity contribution in [2.24, 2.45) is 0 Å². The molecule has 0 aliphatic carbocycles. The number of aromatic nitrogens is 1. The van der Waals surface area contributed by atoms with E-state index >= 15 is 0 Å². The van der Waals surface area contributed by atoms with Crippen molar-refractivity contribution in [3.63, 3.8) is 0 Å². The van der Waals surface area contributed by atoms with Gasteiger partial charge >= 0.3 is 0 Å². The number of para-hydroxylation sites is 1. The van der Waals surface area contributed by atoms with Crippen molar-refractivity contribution in [3.05, 3.63) is 224 Å². The molecule has 11 aromatic carbocycles. The maximum Gasteiger partial charge on any atom is 0.0541 e. The second kappa shape index (κ2) is 13.9. The molecule has 0 radical (unpaired) electrons. The number of nitrogens with zero attached hydrogens (tertiary/aromatic N) is 1. The number of fused-ring (bicyclic) bond motifs is 9. The highest BCUT2D eigenvalue weighted by atomic mass is 32.1. The minimum Gasteiger partial charge on any atom is -0.309 e. The largest absolute Gasteiger partial charge is 0.309 e. The molecular weight excluding hydrogens is 767 g/mol. The van der Waals surface area contributed by atoms with Crippen molar-refractivity contribution < 1.29 is 0 Å². The molecule has 0 atom stereocenters. The normalized spacial score (nSPS) is 11.9. The van der Waals surface area contributed by atoms with E-state index in [9.17, 15) is 0 Å². The molecule has 0 saturated heterocycles. The fourth-order valence-electron chi connectivity index (χ4n) is 10.1. The fourth-order valence-corrected chi connectivity index (χ4v) is 11.4. The summed E-state index contributed by atoms with van der Waals surface area (Å²) in [6.45, 7) is 0. The molecule has 0 aliphatic heterocycles. The number of benzene rings is 11. The Bertz CT molecular complexity index is 3850. The van der Waals surface area contributed by atoms with Crippen LogP contribution in [0.1, 0.15) is 0 Å². The lowest BCUT2D eigenvalue weighted by Gasteiger charge is -2.18. The molecule has 2 aromatic heterocycles. The predicted octanol–water partition coefficient (Wildman–Crippen LogP) is 17.3. The summed E-state index contributed by atoms with van der Waals surface area (Å²) in [5.74, 6) is 0. The lowest BCUT2D eigenvalue weighted by atomic mass is 9.85. The Morgan fingerprint density at radius 3 is 1.52 bits per heavy atom. The van der Waals surface area contributed by atoms with Gasteiger partial charge in [0.15, 0.2) is 0 Å². The molecule has 13 rings (SSSR count). The van der Waals surface area contributed by atoms with Gasteiger partial charge in [0, 0.05) is 36.6 Å². The zero-order chi connectivity index (χ0) is 40.7. The van der Waals surface area contributed by atoms with Crippen LogP contribution in [0.2, 0.25) is 0 Å². The van der Waals surface area contributed by atoms with E-state index in [4.69, 9.17) is 0 Å². The average molecular weight is 804 g/mol. The first-order valence-electron chi connectivity index (χ1n) is 21.3. The van der Waals surface area contributed by atoms with Gasteiger partial charge in [-0.1, -0.05) is 182 Å². The molecule has 0 fully saturated rings. The van der Waals surface area contributed by atoms with Crippen LogP contribution >= 0.6 is 11.3 Å². The van der Waals surface area contributed by atoms with Gasteiger partial charge in [-0.05, 0) is 119 Å². The van der Waals surface area contributed by atoms with Crippen molar-refractivity contribution in [1.29, 1.82) is 0 Å². The van der Waals surface area contributed by atoms with E-state index < -0.39 is 0 Å². The summed E-state index contributed by atoms with van der Waals surface area (Å²) in [5, 5.41) is 12.7. The SMILES string of the molecule is c1ccc2cc(-c3ccc(-c4c5ccccc5c(-c5ccc(-n6c7ccccc7c7cc(-c8cccc9c8sc8ccccc89)ccc76)cc5)c5ccccc45)cc3)ccc2c1. The zero-order valence-corrected chi connectivity index (χ0v) is 34.5. The minimum absolute atomic E-state index is 1.15. The van der Waals surface area contributed by atoms with E-state index in [0.29, 0.717) is 0 Å². The quantitative estimate of drug-likeness (QED) is 0.153. The summed E-state index contributed by atoms with van der Waals surface area (Å²) in [6, 6.07) is 82.9. The van der Waals surface area contributed by atoms with Gasteiger partial charge in [-0.25, -0.2) is 0 Å². The molecule has 0 aliphatic rings. The molecule has 62 heavy (non-hydrogen) atoms. The van der Waals surface area contributed by atoms with Crippen LogP contribution in [0.5, 0.6) is 0 Å². The summed E-state index contributed by atoms with van der Waals surface area (Å²) < 4.78 is 5.10. The molecule has 13 aromatic rings. The summed E-state index contributed by atoms with van der Waals surface area (Å²) in [4.78, 5) is 0. The fraction of sp³-hybridized carbons (Fsp3) is 0. The molecule has 0 N–H and O–H groups in total. The average Bonchev–Trinajstić information content (AvgIpc) is 3.89.